The van der Waals surface area contributed by atoms with E-state index in [4.69, 9.17) is 4.74 Å². The molecule has 1 unspecified atom stereocenters. The Labute approximate surface area is 180 Å². The summed E-state index contributed by atoms with van der Waals surface area (Å²) in [5.74, 6) is 1.22. The fraction of sp³-hybridized carbons (Fsp3) is 0.667. The first-order valence-electron chi connectivity index (χ1n) is 10.7. The highest BCUT2D eigenvalue weighted by atomic mass is 32.2. The first-order valence-corrected chi connectivity index (χ1v) is 12.3. The van der Waals surface area contributed by atoms with Crippen molar-refractivity contribution in [3.8, 4) is 5.75 Å². The zero-order chi connectivity index (χ0) is 22.1. The number of benzene rings is 1. The van der Waals surface area contributed by atoms with Crippen LogP contribution < -0.4 is 15.4 Å². The fourth-order valence-electron chi connectivity index (χ4n) is 2.85. The molecule has 0 amide bonds. The van der Waals surface area contributed by atoms with E-state index in [1.807, 2.05) is 19.9 Å². The zero-order valence-corrected chi connectivity index (χ0v) is 19.3. The molecule has 1 aliphatic rings. The minimum atomic E-state index is -3.17. The predicted molar refractivity (Wildman–Crippen MR) is 119 cm³/mol. The number of guanidine groups is 1. The van der Waals surface area contributed by atoms with Crippen molar-refractivity contribution in [1.82, 2.24) is 14.9 Å². The molecule has 0 spiro atoms. The molecule has 1 atom stereocenters. The van der Waals surface area contributed by atoms with E-state index in [1.54, 1.807) is 20.0 Å². The van der Waals surface area contributed by atoms with Gasteiger partial charge in [0, 0.05) is 26.7 Å². The Morgan fingerprint density at radius 1 is 1.37 bits per heavy atom. The van der Waals surface area contributed by atoms with Gasteiger partial charge in [-0.25, -0.2) is 17.1 Å². The van der Waals surface area contributed by atoms with Crippen LogP contribution in [0.25, 0.3) is 0 Å². The lowest BCUT2D eigenvalue weighted by atomic mass is 10.1. The molecule has 9 heteroatoms. The summed E-state index contributed by atoms with van der Waals surface area (Å²) in [6.45, 7) is 7.70. The summed E-state index contributed by atoms with van der Waals surface area (Å²) in [6, 6.07) is 4.88. The smallest absolute Gasteiger partial charge is 0.213 e. The van der Waals surface area contributed by atoms with Crippen molar-refractivity contribution >= 4 is 16.0 Å². The Kier molecular flexibility index (Phi) is 9.36. The molecule has 0 bridgehead atoms. The molecule has 2 N–H and O–H groups in total. The summed E-state index contributed by atoms with van der Waals surface area (Å²) < 4.78 is 44.9. The van der Waals surface area contributed by atoms with Crippen LogP contribution in [0.1, 0.15) is 51.6 Å². The number of nitrogens with zero attached hydrogens (tertiary/aromatic N) is 2. The van der Waals surface area contributed by atoms with Gasteiger partial charge in [0.15, 0.2) is 17.5 Å². The van der Waals surface area contributed by atoms with Crippen LogP contribution in [0, 0.1) is 11.7 Å². The maximum atomic E-state index is 14.4. The van der Waals surface area contributed by atoms with Crippen molar-refractivity contribution in [2.75, 3.05) is 39.0 Å². The number of rotatable bonds is 12. The number of halogens is 1. The maximum absolute atomic E-state index is 14.4. The number of hydrogen-bond donors (Lipinski definition) is 2. The average Bonchev–Trinajstić information content (AvgIpc) is 3.54. The van der Waals surface area contributed by atoms with E-state index in [0.717, 1.165) is 18.4 Å². The van der Waals surface area contributed by atoms with Crippen molar-refractivity contribution in [1.29, 1.82) is 0 Å². The van der Waals surface area contributed by atoms with Crippen molar-refractivity contribution in [2.45, 2.75) is 46.1 Å². The molecule has 1 saturated carbocycles. The number of hydrogen-bond acceptors (Lipinski definition) is 4. The van der Waals surface area contributed by atoms with Crippen LogP contribution in [-0.2, 0) is 10.0 Å². The van der Waals surface area contributed by atoms with Gasteiger partial charge in [-0.3, -0.25) is 4.99 Å². The van der Waals surface area contributed by atoms with Crippen molar-refractivity contribution in [2.24, 2.45) is 10.9 Å². The number of sulfonamides is 1. The van der Waals surface area contributed by atoms with Gasteiger partial charge < -0.3 is 15.4 Å². The Hall–Kier alpha value is -1.87. The van der Waals surface area contributed by atoms with Crippen LogP contribution in [0.4, 0.5) is 4.39 Å². The topological polar surface area (TPSA) is 83.0 Å². The molecule has 1 aromatic carbocycles. The highest BCUT2D eigenvalue weighted by molar-refractivity contribution is 7.89. The normalized spacial score (nSPS) is 15.9. The molecule has 2 rings (SSSR count). The molecule has 170 valence electrons. The van der Waals surface area contributed by atoms with Gasteiger partial charge in [-0.05, 0) is 63.6 Å². The van der Waals surface area contributed by atoms with Gasteiger partial charge in [0.05, 0.1) is 18.4 Å². The molecule has 0 heterocycles. The second kappa shape index (κ2) is 11.5. The Morgan fingerprint density at radius 3 is 2.70 bits per heavy atom. The lowest BCUT2D eigenvalue weighted by molar-refractivity contribution is 0.285. The Morgan fingerprint density at radius 2 is 2.10 bits per heavy atom. The molecular formula is C21H35FN4O3S. The average molecular weight is 443 g/mol. The van der Waals surface area contributed by atoms with Gasteiger partial charge in [-0.1, -0.05) is 6.07 Å². The van der Waals surface area contributed by atoms with Crippen LogP contribution in [0.3, 0.4) is 0 Å². The van der Waals surface area contributed by atoms with Gasteiger partial charge in [-0.15, -0.1) is 0 Å². The van der Waals surface area contributed by atoms with Crippen molar-refractivity contribution < 1.29 is 17.5 Å². The second-order valence-electron chi connectivity index (χ2n) is 7.65. The molecular weight excluding hydrogens is 407 g/mol. The van der Waals surface area contributed by atoms with Gasteiger partial charge in [-0.2, -0.15) is 0 Å². The first kappa shape index (κ1) is 24.4. The zero-order valence-electron chi connectivity index (χ0n) is 18.4. The molecule has 1 aliphatic carbocycles. The maximum Gasteiger partial charge on any atom is 0.213 e. The summed E-state index contributed by atoms with van der Waals surface area (Å²) in [5, 5.41) is 6.44. The minimum Gasteiger partial charge on any atom is -0.490 e. The molecule has 7 nitrogen and oxygen atoms in total. The third-order valence-corrected chi connectivity index (χ3v) is 6.93. The molecule has 1 fully saturated rings. The van der Waals surface area contributed by atoms with Crippen LogP contribution in [0.5, 0.6) is 5.75 Å². The summed E-state index contributed by atoms with van der Waals surface area (Å²) in [4.78, 5) is 4.51. The standard InChI is InChI=1S/C21H35FN4O3S/c1-5-23-21(24-12-7-13-26(4)30(27,28)6-2)25-16(3)18-10-11-20(19(22)14-18)29-15-17-8-9-17/h10-11,14,16-17H,5-9,12-13,15H2,1-4H3,(H2,23,24,25). The van der Waals surface area contributed by atoms with E-state index in [-0.39, 0.29) is 17.6 Å². The monoisotopic (exact) mass is 442 g/mol. The van der Waals surface area contributed by atoms with Gasteiger partial charge >= 0.3 is 0 Å². The Bertz CT molecular complexity index is 812. The van der Waals surface area contributed by atoms with E-state index in [0.29, 0.717) is 50.3 Å². The quantitative estimate of drug-likeness (QED) is 0.295. The first-order chi connectivity index (χ1) is 14.3. The van der Waals surface area contributed by atoms with E-state index in [9.17, 15) is 12.8 Å². The molecule has 0 aliphatic heterocycles. The van der Waals surface area contributed by atoms with E-state index >= 15 is 0 Å². The van der Waals surface area contributed by atoms with E-state index in [2.05, 4.69) is 15.6 Å². The SMILES string of the molecule is CCNC(=NCCCN(C)S(=O)(=O)CC)NC(C)c1ccc(OCC2CC2)c(F)c1. The third-order valence-electron chi connectivity index (χ3n) is 5.07. The van der Waals surface area contributed by atoms with Gasteiger partial charge in [0.1, 0.15) is 0 Å². The van der Waals surface area contributed by atoms with Crippen LogP contribution in [-0.4, -0.2) is 57.7 Å². The van der Waals surface area contributed by atoms with Crippen LogP contribution >= 0.6 is 0 Å². The summed E-state index contributed by atoms with van der Waals surface area (Å²) in [7, 11) is -1.59. The third kappa shape index (κ3) is 7.75. The molecule has 0 aromatic heterocycles. The number of nitrogens with one attached hydrogen (secondary N) is 2. The number of aliphatic imine (C=N–C) groups is 1. The van der Waals surface area contributed by atoms with Crippen LogP contribution in [0.15, 0.2) is 23.2 Å². The van der Waals surface area contributed by atoms with Crippen molar-refractivity contribution in [3.05, 3.63) is 29.6 Å². The lowest BCUT2D eigenvalue weighted by Crippen LogP contribution is -2.39. The summed E-state index contributed by atoms with van der Waals surface area (Å²) >= 11 is 0. The number of ether oxygens (including phenoxy) is 1. The van der Waals surface area contributed by atoms with Gasteiger partial charge in [0.2, 0.25) is 10.0 Å². The largest absolute Gasteiger partial charge is 0.490 e. The van der Waals surface area contributed by atoms with E-state index < -0.39 is 10.0 Å². The Balaban J connectivity index is 1.89. The van der Waals surface area contributed by atoms with Gasteiger partial charge in [0.25, 0.3) is 0 Å². The highest BCUT2D eigenvalue weighted by Crippen LogP contribution is 2.30. The lowest BCUT2D eigenvalue weighted by Gasteiger charge is -2.19. The van der Waals surface area contributed by atoms with Crippen molar-refractivity contribution in [3.63, 3.8) is 0 Å². The molecule has 30 heavy (non-hydrogen) atoms. The predicted octanol–water partition coefficient (Wildman–Crippen LogP) is 2.90. The highest BCUT2D eigenvalue weighted by Gasteiger charge is 2.22. The minimum absolute atomic E-state index is 0.0927. The van der Waals surface area contributed by atoms with Crippen LogP contribution in [0.2, 0.25) is 0 Å². The second-order valence-corrected chi connectivity index (χ2v) is 10.0. The summed E-state index contributed by atoms with van der Waals surface area (Å²) in [6.07, 6.45) is 2.94. The molecule has 0 radical (unpaired) electrons. The van der Waals surface area contributed by atoms with E-state index in [1.165, 1.54) is 10.4 Å². The summed E-state index contributed by atoms with van der Waals surface area (Å²) in [5.41, 5.74) is 0.797. The molecule has 1 aromatic rings. The fourth-order valence-corrected chi connectivity index (χ4v) is 3.70. The molecule has 0 saturated heterocycles.